The zero-order valence-corrected chi connectivity index (χ0v) is 26.4. The van der Waals surface area contributed by atoms with Gasteiger partial charge in [0.1, 0.15) is 17.8 Å². The smallest absolute Gasteiger partial charge is 0.271 e. The number of nitriles is 1. The fourth-order valence-electron chi connectivity index (χ4n) is 6.99. The average molecular weight is 640 g/mol. The minimum Gasteiger partial charge on any atom is -0.497 e. The zero-order chi connectivity index (χ0) is 32.1. The van der Waals surface area contributed by atoms with Crippen molar-refractivity contribution in [3.63, 3.8) is 0 Å². The Morgan fingerprint density at radius 2 is 1.80 bits per heavy atom. The number of hydrogen-bond donors (Lipinski definition) is 0. The molecule has 2 atom stereocenters. The molecule has 12 heteroatoms. The fourth-order valence-corrected chi connectivity index (χ4v) is 8.45. The summed E-state index contributed by atoms with van der Waals surface area (Å²) in [6.07, 6.45) is 5.51. The van der Waals surface area contributed by atoms with Crippen molar-refractivity contribution in [2.75, 3.05) is 38.2 Å². The number of nitrogens with zero attached hydrogens (tertiary/aromatic N) is 5. The van der Waals surface area contributed by atoms with Gasteiger partial charge in [-0.05, 0) is 92.5 Å². The van der Waals surface area contributed by atoms with E-state index in [1.165, 1.54) is 38.7 Å². The van der Waals surface area contributed by atoms with Crippen LogP contribution in [-0.4, -0.2) is 63.0 Å². The topological polar surface area (TPSA) is 129 Å². The van der Waals surface area contributed by atoms with Gasteiger partial charge < -0.3 is 13.9 Å². The molecule has 3 aliphatic rings. The Bertz CT molecular complexity index is 1940. The third-order valence-electron chi connectivity index (χ3n) is 9.25. The highest BCUT2D eigenvalue weighted by Gasteiger charge is 2.63. The largest absolute Gasteiger partial charge is 0.497 e. The number of oxazole rings is 1. The number of hydrogen-bond acceptors (Lipinski definition) is 10. The molecular formula is C34H33N5O6S. The van der Waals surface area contributed by atoms with Gasteiger partial charge in [-0.25, -0.2) is 17.7 Å². The van der Waals surface area contributed by atoms with E-state index in [0.717, 1.165) is 29.4 Å². The van der Waals surface area contributed by atoms with E-state index in [-0.39, 0.29) is 10.6 Å². The Morgan fingerprint density at radius 3 is 2.46 bits per heavy atom. The molecule has 0 bridgehead atoms. The number of aromatic nitrogens is 1. The van der Waals surface area contributed by atoms with Gasteiger partial charge >= 0.3 is 0 Å². The van der Waals surface area contributed by atoms with Gasteiger partial charge in [0.2, 0.25) is 5.89 Å². The molecule has 11 nitrogen and oxygen atoms in total. The molecule has 4 aromatic rings. The lowest BCUT2D eigenvalue weighted by Gasteiger charge is -2.41. The monoisotopic (exact) mass is 639 g/mol. The van der Waals surface area contributed by atoms with Crippen molar-refractivity contribution in [2.24, 2.45) is 0 Å². The van der Waals surface area contributed by atoms with Gasteiger partial charge in [-0.2, -0.15) is 5.26 Å². The van der Waals surface area contributed by atoms with Crippen LogP contribution in [0.4, 0.5) is 5.69 Å². The van der Waals surface area contributed by atoms with Crippen molar-refractivity contribution in [1.82, 2.24) is 14.8 Å². The van der Waals surface area contributed by atoms with Crippen molar-refractivity contribution in [3.05, 3.63) is 101 Å². The molecule has 1 aromatic heterocycles. The van der Waals surface area contributed by atoms with Crippen LogP contribution < -0.4 is 13.8 Å². The van der Waals surface area contributed by atoms with E-state index in [1.54, 1.807) is 30.5 Å². The first-order valence-electron chi connectivity index (χ1n) is 15.2. The number of likely N-dealkylation sites (tertiary alicyclic amines) is 2. The van der Waals surface area contributed by atoms with Crippen molar-refractivity contribution in [3.8, 4) is 17.6 Å². The highest BCUT2D eigenvalue weighted by molar-refractivity contribution is 7.93. The average Bonchev–Trinajstić information content (AvgIpc) is 3.81. The predicted octanol–water partition coefficient (Wildman–Crippen LogP) is 4.59. The molecule has 7 rings (SSSR count). The lowest BCUT2D eigenvalue weighted by Crippen LogP contribution is -2.54. The summed E-state index contributed by atoms with van der Waals surface area (Å²) in [6.45, 7) is 3.06. The summed E-state index contributed by atoms with van der Waals surface area (Å²) in [6, 6.07) is 18.1. The van der Waals surface area contributed by atoms with Crippen molar-refractivity contribution < 1.29 is 27.1 Å². The third-order valence-corrected chi connectivity index (χ3v) is 11.0. The molecular weight excluding hydrogens is 606 g/mol. The molecule has 2 saturated heterocycles. The maximum atomic E-state index is 15.5. The molecule has 0 aliphatic carbocycles. The molecule has 0 radical (unpaired) electrons. The molecule has 4 heterocycles. The first-order valence-corrected chi connectivity index (χ1v) is 16.6. The second-order valence-electron chi connectivity index (χ2n) is 11.7. The van der Waals surface area contributed by atoms with E-state index in [9.17, 15) is 13.7 Å². The standard InChI is InChI=1S/C34H33N5O6S/c1-43-25-8-10-26(11-9-25)46(41,42)39-29-12-6-23(21-35)19-27(29)34(33(39)40,38-17-3-5-30(38)32-36-14-18-45-32)28-20-24(7-13-31(28)44-2)22-37-15-4-16-37/h6-14,18-20,30H,3-5,15-17,22H2,1-2H3. The van der Waals surface area contributed by atoms with Crippen molar-refractivity contribution >= 4 is 21.6 Å². The van der Waals surface area contributed by atoms with E-state index < -0.39 is 27.5 Å². The van der Waals surface area contributed by atoms with Crippen LogP contribution in [-0.2, 0) is 26.9 Å². The number of anilines is 1. The Kier molecular flexibility index (Phi) is 7.55. The number of methoxy groups -OCH3 is 2. The SMILES string of the molecule is COc1ccc(S(=O)(=O)N2C(=O)C(c3cc(CN4CCC4)ccc3OC)(N3CCCC3c3ncco3)c3cc(C#N)ccc32)cc1. The van der Waals surface area contributed by atoms with Gasteiger partial charge in [0, 0.05) is 24.2 Å². The van der Waals surface area contributed by atoms with Gasteiger partial charge in [0.05, 0.1) is 48.7 Å². The molecule has 0 spiro atoms. The van der Waals surface area contributed by atoms with E-state index in [2.05, 4.69) is 16.0 Å². The van der Waals surface area contributed by atoms with E-state index in [1.807, 2.05) is 23.1 Å². The summed E-state index contributed by atoms with van der Waals surface area (Å²) in [7, 11) is -1.41. The van der Waals surface area contributed by atoms with Crippen LogP contribution in [0.25, 0.3) is 0 Å². The van der Waals surface area contributed by atoms with Crippen LogP contribution in [0.5, 0.6) is 11.5 Å². The number of rotatable bonds is 9. The summed E-state index contributed by atoms with van der Waals surface area (Å²) in [5.74, 6) is 0.645. The van der Waals surface area contributed by atoms with Crippen LogP contribution in [0.3, 0.4) is 0 Å². The number of ether oxygens (including phenoxy) is 2. The van der Waals surface area contributed by atoms with Crippen LogP contribution in [0.1, 0.15) is 53.4 Å². The number of fused-ring (bicyclic) bond motifs is 1. The van der Waals surface area contributed by atoms with Crippen LogP contribution in [0.2, 0.25) is 0 Å². The van der Waals surface area contributed by atoms with Gasteiger partial charge in [0.15, 0.2) is 5.54 Å². The molecule has 3 aliphatic heterocycles. The Balaban J connectivity index is 1.52. The highest BCUT2D eigenvalue weighted by Crippen LogP contribution is 2.56. The van der Waals surface area contributed by atoms with Gasteiger partial charge in [-0.1, -0.05) is 6.07 Å². The number of benzene rings is 3. The second-order valence-corrected chi connectivity index (χ2v) is 13.5. The molecule has 236 valence electrons. The van der Waals surface area contributed by atoms with Gasteiger partial charge in [-0.3, -0.25) is 14.6 Å². The number of amides is 1. The first-order chi connectivity index (χ1) is 22.3. The molecule has 1 amide bonds. The second kappa shape index (κ2) is 11.6. The summed E-state index contributed by atoms with van der Waals surface area (Å²) in [5, 5.41) is 10.0. The van der Waals surface area contributed by atoms with Crippen LogP contribution in [0.15, 0.2) is 82.4 Å². The normalized spacial score (nSPS) is 21.5. The zero-order valence-electron chi connectivity index (χ0n) is 25.5. The van der Waals surface area contributed by atoms with Crippen LogP contribution in [0, 0.1) is 11.3 Å². The number of carbonyl (C=O) groups is 1. The quantitative estimate of drug-likeness (QED) is 0.257. The maximum Gasteiger partial charge on any atom is 0.271 e. The molecule has 0 saturated carbocycles. The van der Waals surface area contributed by atoms with E-state index in [0.29, 0.717) is 60.0 Å². The minimum absolute atomic E-state index is 0.0723. The lowest BCUT2D eigenvalue weighted by atomic mass is 9.79. The molecule has 3 aromatic carbocycles. The summed E-state index contributed by atoms with van der Waals surface area (Å²) in [4.78, 5) is 24.2. The summed E-state index contributed by atoms with van der Waals surface area (Å²) >= 11 is 0. The maximum absolute atomic E-state index is 15.5. The minimum atomic E-state index is -4.44. The van der Waals surface area contributed by atoms with E-state index >= 15 is 4.79 Å². The molecule has 2 fully saturated rings. The Hall–Kier alpha value is -4.70. The van der Waals surface area contributed by atoms with Crippen LogP contribution >= 0.6 is 0 Å². The Labute approximate surface area is 267 Å². The lowest BCUT2D eigenvalue weighted by molar-refractivity contribution is -0.127. The molecule has 0 N–H and O–H groups in total. The molecule has 46 heavy (non-hydrogen) atoms. The van der Waals surface area contributed by atoms with Crippen molar-refractivity contribution in [1.29, 1.82) is 5.26 Å². The predicted molar refractivity (Wildman–Crippen MR) is 168 cm³/mol. The molecule has 2 unspecified atom stereocenters. The first kappa shape index (κ1) is 30.0. The summed E-state index contributed by atoms with van der Waals surface area (Å²) in [5.41, 5.74) is 0.610. The highest BCUT2D eigenvalue weighted by atomic mass is 32.2. The van der Waals surface area contributed by atoms with Gasteiger partial charge in [0.25, 0.3) is 15.9 Å². The van der Waals surface area contributed by atoms with E-state index in [4.69, 9.17) is 13.9 Å². The number of carbonyl (C=O) groups excluding carboxylic acids is 1. The summed E-state index contributed by atoms with van der Waals surface area (Å²) < 4.78 is 46.9. The number of sulfonamides is 1. The van der Waals surface area contributed by atoms with Gasteiger partial charge in [-0.15, -0.1) is 0 Å². The van der Waals surface area contributed by atoms with Crippen molar-refractivity contribution in [2.45, 2.75) is 42.3 Å². The fraction of sp³-hybridized carbons (Fsp3) is 0.324. The third kappa shape index (κ3) is 4.57. The Morgan fingerprint density at radius 1 is 1.00 bits per heavy atom.